The molecule has 0 saturated carbocycles. The Balaban J connectivity index is 2.63. The molecule has 1 aromatic carbocycles. The molecule has 0 aliphatic carbocycles. The van der Waals surface area contributed by atoms with Crippen LogP contribution in [0.5, 0.6) is 11.5 Å². The lowest BCUT2D eigenvalue weighted by Crippen LogP contribution is -2.39. The second kappa shape index (κ2) is 5.97. The van der Waals surface area contributed by atoms with Crippen molar-refractivity contribution in [2.75, 3.05) is 20.8 Å². The molecule has 1 rings (SSSR count). The molecule has 88 valence electrons. The van der Waals surface area contributed by atoms with E-state index < -0.39 is 12.0 Å². The van der Waals surface area contributed by atoms with Gasteiger partial charge in [0.15, 0.2) is 11.5 Å². The third-order valence-corrected chi connectivity index (χ3v) is 2.12. The summed E-state index contributed by atoms with van der Waals surface area (Å²) in [5.74, 6) is 0.173. The first-order valence-electron chi connectivity index (χ1n) is 4.85. The minimum atomic E-state index is -0.947. The number of rotatable bonds is 6. The summed E-state index contributed by atoms with van der Waals surface area (Å²) in [5, 5.41) is 11.4. The van der Waals surface area contributed by atoms with Crippen LogP contribution in [0.3, 0.4) is 0 Å². The van der Waals surface area contributed by atoms with E-state index in [1.54, 1.807) is 25.2 Å². The van der Waals surface area contributed by atoms with Gasteiger partial charge in [0.1, 0.15) is 12.6 Å². The van der Waals surface area contributed by atoms with Crippen molar-refractivity contribution in [3.05, 3.63) is 24.3 Å². The van der Waals surface area contributed by atoms with Crippen molar-refractivity contribution < 1.29 is 19.4 Å². The van der Waals surface area contributed by atoms with Gasteiger partial charge >= 0.3 is 5.97 Å². The molecule has 5 heteroatoms. The molecule has 1 aromatic rings. The van der Waals surface area contributed by atoms with Crippen LogP contribution in [0.15, 0.2) is 24.3 Å². The van der Waals surface area contributed by atoms with Crippen molar-refractivity contribution in [2.24, 2.45) is 0 Å². The molecular formula is C11H15NO4. The van der Waals surface area contributed by atoms with Crippen molar-refractivity contribution in [3.63, 3.8) is 0 Å². The van der Waals surface area contributed by atoms with Crippen LogP contribution < -0.4 is 14.8 Å². The zero-order valence-electron chi connectivity index (χ0n) is 9.27. The highest BCUT2D eigenvalue weighted by Crippen LogP contribution is 2.25. The SMILES string of the molecule is CNC(COc1ccccc1OC)C(=O)O. The number of likely N-dealkylation sites (N-methyl/N-ethyl adjacent to an activating group) is 1. The number of para-hydroxylation sites is 2. The maximum absolute atomic E-state index is 10.7. The number of carbonyl (C=O) groups is 1. The minimum absolute atomic E-state index is 0.0478. The standard InChI is InChI=1S/C11H15NO4/c1-12-8(11(13)14)7-16-10-6-4-3-5-9(10)15-2/h3-6,8,12H,7H2,1-2H3,(H,13,14). The largest absolute Gasteiger partial charge is 0.493 e. The van der Waals surface area contributed by atoms with Gasteiger partial charge in [0, 0.05) is 0 Å². The second-order valence-electron chi connectivity index (χ2n) is 3.14. The fourth-order valence-electron chi connectivity index (χ4n) is 1.19. The maximum Gasteiger partial charge on any atom is 0.324 e. The third-order valence-electron chi connectivity index (χ3n) is 2.12. The molecule has 1 unspecified atom stereocenters. The van der Waals surface area contributed by atoms with Crippen LogP contribution in [0.1, 0.15) is 0 Å². The van der Waals surface area contributed by atoms with Crippen molar-refractivity contribution in [2.45, 2.75) is 6.04 Å². The molecule has 0 radical (unpaired) electrons. The zero-order chi connectivity index (χ0) is 12.0. The lowest BCUT2D eigenvalue weighted by atomic mass is 10.3. The zero-order valence-corrected chi connectivity index (χ0v) is 9.27. The van der Waals surface area contributed by atoms with Gasteiger partial charge in [-0.25, -0.2) is 0 Å². The van der Waals surface area contributed by atoms with Crippen molar-refractivity contribution in [3.8, 4) is 11.5 Å². The molecule has 0 aliphatic heterocycles. The quantitative estimate of drug-likeness (QED) is 0.747. The molecule has 5 nitrogen and oxygen atoms in total. The smallest absolute Gasteiger partial charge is 0.324 e. The summed E-state index contributed by atoms with van der Waals surface area (Å²) in [6, 6.07) is 6.37. The number of benzene rings is 1. The summed E-state index contributed by atoms with van der Waals surface area (Å²) in [7, 11) is 3.11. The fourth-order valence-corrected chi connectivity index (χ4v) is 1.19. The summed E-state index contributed by atoms with van der Waals surface area (Å²) < 4.78 is 10.5. The number of nitrogens with one attached hydrogen (secondary N) is 1. The Labute approximate surface area is 94.0 Å². The molecule has 0 fully saturated rings. The summed E-state index contributed by atoms with van der Waals surface area (Å²) in [4.78, 5) is 10.7. The summed E-state index contributed by atoms with van der Waals surface area (Å²) in [6.45, 7) is 0.0478. The monoisotopic (exact) mass is 225 g/mol. The Morgan fingerprint density at radius 3 is 2.56 bits per heavy atom. The van der Waals surface area contributed by atoms with E-state index in [-0.39, 0.29) is 6.61 Å². The van der Waals surface area contributed by atoms with Gasteiger partial charge < -0.3 is 19.9 Å². The Kier molecular flexibility index (Phi) is 4.60. The topological polar surface area (TPSA) is 67.8 Å². The summed E-state index contributed by atoms with van der Waals surface area (Å²) in [5.41, 5.74) is 0. The second-order valence-corrected chi connectivity index (χ2v) is 3.14. The lowest BCUT2D eigenvalue weighted by molar-refractivity contribution is -0.140. The van der Waals surface area contributed by atoms with Crippen LogP contribution in [-0.4, -0.2) is 37.9 Å². The number of aliphatic carboxylic acids is 1. The van der Waals surface area contributed by atoms with E-state index in [2.05, 4.69) is 5.32 Å². The van der Waals surface area contributed by atoms with Crippen LogP contribution in [0.25, 0.3) is 0 Å². The van der Waals surface area contributed by atoms with Crippen LogP contribution in [0.4, 0.5) is 0 Å². The van der Waals surface area contributed by atoms with E-state index in [4.69, 9.17) is 14.6 Å². The van der Waals surface area contributed by atoms with Gasteiger partial charge in [-0.2, -0.15) is 0 Å². The van der Waals surface area contributed by atoms with E-state index in [1.165, 1.54) is 7.11 Å². The molecule has 0 aliphatic rings. The molecular weight excluding hydrogens is 210 g/mol. The van der Waals surface area contributed by atoms with Crippen LogP contribution >= 0.6 is 0 Å². The van der Waals surface area contributed by atoms with Gasteiger partial charge in [0.2, 0.25) is 0 Å². The summed E-state index contributed by atoms with van der Waals surface area (Å²) >= 11 is 0. The molecule has 1 atom stereocenters. The average molecular weight is 225 g/mol. The molecule has 0 saturated heterocycles. The van der Waals surface area contributed by atoms with Gasteiger partial charge in [0.05, 0.1) is 7.11 Å². The number of hydrogen-bond donors (Lipinski definition) is 2. The van der Waals surface area contributed by atoms with Crippen molar-refractivity contribution in [1.82, 2.24) is 5.32 Å². The number of methoxy groups -OCH3 is 1. The van der Waals surface area contributed by atoms with Crippen LogP contribution in [-0.2, 0) is 4.79 Å². The normalized spacial score (nSPS) is 11.9. The Bertz CT molecular complexity index is 354. The summed E-state index contributed by atoms with van der Waals surface area (Å²) in [6.07, 6.45) is 0. The number of hydrogen-bond acceptors (Lipinski definition) is 4. The first-order valence-corrected chi connectivity index (χ1v) is 4.85. The van der Waals surface area contributed by atoms with Gasteiger partial charge in [-0.15, -0.1) is 0 Å². The number of ether oxygens (including phenoxy) is 2. The van der Waals surface area contributed by atoms with Gasteiger partial charge in [-0.05, 0) is 19.2 Å². The first kappa shape index (κ1) is 12.3. The van der Waals surface area contributed by atoms with Gasteiger partial charge in [0.25, 0.3) is 0 Å². The third kappa shape index (κ3) is 3.13. The van der Waals surface area contributed by atoms with Gasteiger partial charge in [-0.1, -0.05) is 12.1 Å². The Hall–Kier alpha value is -1.75. The van der Waals surface area contributed by atoms with Crippen molar-refractivity contribution in [1.29, 1.82) is 0 Å². The maximum atomic E-state index is 10.7. The lowest BCUT2D eigenvalue weighted by Gasteiger charge is -2.14. The van der Waals surface area contributed by atoms with E-state index in [9.17, 15) is 4.79 Å². The van der Waals surface area contributed by atoms with Crippen LogP contribution in [0.2, 0.25) is 0 Å². The highest BCUT2D eigenvalue weighted by molar-refractivity contribution is 5.73. The van der Waals surface area contributed by atoms with Crippen molar-refractivity contribution >= 4 is 5.97 Å². The Morgan fingerprint density at radius 1 is 1.44 bits per heavy atom. The number of carboxylic acid groups (broad SMARTS) is 1. The predicted octanol–water partition coefficient (Wildman–Crippen LogP) is 0.747. The molecule has 16 heavy (non-hydrogen) atoms. The van der Waals surface area contributed by atoms with E-state index in [1.807, 2.05) is 6.07 Å². The highest BCUT2D eigenvalue weighted by Gasteiger charge is 2.16. The number of carboxylic acids is 1. The molecule has 0 heterocycles. The molecule has 2 N–H and O–H groups in total. The average Bonchev–Trinajstić information content (AvgIpc) is 2.30. The molecule has 0 bridgehead atoms. The molecule has 0 aromatic heterocycles. The highest BCUT2D eigenvalue weighted by atomic mass is 16.5. The molecule has 0 amide bonds. The fraction of sp³-hybridized carbons (Fsp3) is 0.364. The first-order chi connectivity index (χ1) is 7.69. The van der Waals surface area contributed by atoms with E-state index in [0.29, 0.717) is 11.5 Å². The van der Waals surface area contributed by atoms with E-state index in [0.717, 1.165) is 0 Å². The molecule has 0 spiro atoms. The van der Waals surface area contributed by atoms with Gasteiger partial charge in [-0.3, -0.25) is 4.79 Å². The predicted molar refractivity (Wildman–Crippen MR) is 59.0 cm³/mol. The Morgan fingerprint density at radius 2 is 2.06 bits per heavy atom. The minimum Gasteiger partial charge on any atom is -0.493 e. The van der Waals surface area contributed by atoms with Crippen LogP contribution in [0, 0.1) is 0 Å². The van der Waals surface area contributed by atoms with E-state index >= 15 is 0 Å².